The van der Waals surface area contributed by atoms with Crippen LogP contribution in [0.4, 0.5) is 0 Å². The summed E-state index contributed by atoms with van der Waals surface area (Å²) in [5, 5.41) is 9.22. The predicted molar refractivity (Wildman–Crippen MR) is 83.3 cm³/mol. The molecule has 0 unspecified atom stereocenters. The summed E-state index contributed by atoms with van der Waals surface area (Å²) in [5.74, 6) is -1.19. The normalized spacial score (nSPS) is 17.9. The summed E-state index contributed by atoms with van der Waals surface area (Å²) in [5.41, 5.74) is -1.49. The van der Waals surface area contributed by atoms with Crippen molar-refractivity contribution >= 4 is 55.1 Å². The van der Waals surface area contributed by atoms with Crippen molar-refractivity contribution in [3.63, 3.8) is 0 Å². The lowest BCUT2D eigenvalue weighted by Gasteiger charge is -2.25. The molecule has 0 bridgehead atoms. The molecule has 0 aliphatic heterocycles. The van der Waals surface area contributed by atoms with Gasteiger partial charge in [0.25, 0.3) is 0 Å². The number of carbonyl (C=O) groups is 1. The molecule has 0 radical (unpaired) electrons. The minimum atomic E-state index is -4.14. The lowest BCUT2D eigenvalue weighted by molar-refractivity contribution is -0.143. The standard InChI is InChI=1S/C12H12BrCl2NO4S/c13-7-5-8(14)10(9(15)6-7)21(19,20)16-12(11(17)18)3-1-2-4-12/h5-6,16H,1-4H2,(H,17,18). The molecule has 116 valence electrons. The number of benzene rings is 1. The number of hydrogen-bond donors (Lipinski definition) is 2. The lowest BCUT2D eigenvalue weighted by atomic mass is 10.0. The van der Waals surface area contributed by atoms with Gasteiger partial charge < -0.3 is 5.11 Å². The number of nitrogens with one attached hydrogen (secondary N) is 1. The first-order chi connectivity index (χ1) is 9.68. The van der Waals surface area contributed by atoms with Crippen LogP contribution in [-0.4, -0.2) is 25.0 Å². The largest absolute Gasteiger partial charge is 0.480 e. The van der Waals surface area contributed by atoms with Crippen LogP contribution in [0.5, 0.6) is 0 Å². The van der Waals surface area contributed by atoms with E-state index in [0.717, 1.165) is 0 Å². The Kier molecular flexibility index (Phi) is 4.90. The van der Waals surface area contributed by atoms with Crippen molar-refractivity contribution in [3.05, 3.63) is 26.7 Å². The lowest BCUT2D eigenvalue weighted by Crippen LogP contribution is -2.52. The molecule has 0 heterocycles. The molecule has 1 aromatic rings. The Bertz CT molecular complexity index is 663. The number of carboxylic acids is 1. The van der Waals surface area contributed by atoms with Crippen LogP contribution in [-0.2, 0) is 14.8 Å². The maximum absolute atomic E-state index is 12.5. The molecule has 0 aromatic heterocycles. The molecule has 1 aliphatic carbocycles. The maximum Gasteiger partial charge on any atom is 0.324 e. The Balaban J connectivity index is 2.46. The smallest absolute Gasteiger partial charge is 0.324 e. The second kappa shape index (κ2) is 6.04. The highest BCUT2D eigenvalue weighted by Crippen LogP contribution is 2.36. The molecule has 1 saturated carbocycles. The highest BCUT2D eigenvalue weighted by molar-refractivity contribution is 9.10. The van der Waals surface area contributed by atoms with Gasteiger partial charge >= 0.3 is 5.97 Å². The number of halogens is 3. The van der Waals surface area contributed by atoms with E-state index in [1.165, 1.54) is 12.1 Å². The first-order valence-electron chi connectivity index (χ1n) is 6.10. The molecule has 1 aliphatic rings. The molecule has 2 N–H and O–H groups in total. The van der Waals surface area contributed by atoms with Gasteiger partial charge in [0.1, 0.15) is 10.4 Å². The van der Waals surface area contributed by atoms with Crippen LogP contribution in [0.25, 0.3) is 0 Å². The summed E-state index contributed by atoms with van der Waals surface area (Å²) in [6, 6.07) is 2.79. The molecule has 21 heavy (non-hydrogen) atoms. The summed E-state index contributed by atoms with van der Waals surface area (Å²) in [7, 11) is -4.14. The van der Waals surface area contributed by atoms with Crippen LogP contribution >= 0.6 is 39.1 Å². The van der Waals surface area contributed by atoms with E-state index in [1.807, 2.05) is 0 Å². The summed E-state index contributed by atoms with van der Waals surface area (Å²) >= 11 is 15.1. The third kappa shape index (κ3) is 3.37. The molecule has 9 heteroatoms. The zero-order valence-corrected chi connectivity index (χ0v) is 14.6. The molecule has 1 fully saturated rings. The first-order valence-corrected chi connectivity index (χ1v) is 9.13. The summed E-state index contributed by atoms with van der Waals surface area (Å²) in [6.45, 7) is 0. The SMILES string of the molecule is O=C(O)C1(NS(=O)(=O)c2c(Cl)cc(Br)cc2Cl)CCCC1. The van der Waals surface area contributed by atoms with Gasteiger partial charge in [0.15, 0.2) is 0 Å². The van der Waals surface area contributed by atoms with Gasteiger partial charge in [0, 0.05) is 4.47 Å². The molecule has 5 nitrogen and oxygen atoms in total. The van der Waals surface area contributed by atoms with Gasteiger partial charge in [-0.25, -0.2) is 8.42 Å². The van der Waals surface area contributed by atoms with Gasteiger partial charge in [-0.15, -0.1) is 0 Å². The Labute approximate surface area is 140 Å². The fourth-order valence-corrected chi connectivity index (χ4v) is 5.79. The van der Waals surface area contributed by atoms with Crippen LogP contribution in [0.15, 0.2) is 21.5 Å². The van der Waals surface area contributed by atoms with E-state index in [-0.39, 0.29) is 27.8 Å². The molecule has 0 atom stereocenters. The van der Waals surface area contributed by atoms with Crippen molar-refractivity contribution in [2.75, 3.05) is 0 Å². The Morgan fingerprint density at radius 1 is 1.24 bits per heavy atom. The van der Waals surface area contributed by atoms with E-state index in [4.69, 9.17) is 23.2 Å². The van der Waals surface area contributed by atoms with Gasteiger partial charge in [-0.1, -0.05) is 52.0 Å². The van der Waals surface area contributed by atoms with Crippen molar-refractivity contribution < 1.29 is 18.3 Å². The Hall–Kier alpha value is -0.340. The summed E-state index contributed by atoms with van der Waals surface area (Å²) in [6.07, 6.45) is 1.79. The first kappa shape index (κ1) is 17.0. The van der Waals surface area contributed by atoms with Crippen molar-refractivity contribution in [1.82, 2.24) is 4.72 Å². The summed E-state index contributed by atoms with van der Waals surface area (Å²) < 4.78 is 27.8. The zero-order chi connectivity index (χ0) is 15.8. The molecule has 1 aromatic carbocycles. The van der Waals surface area contributed by atoms with Crippen molar-refractivity contribution in [1.29, 1.82) is 0 Å². The van der Waals surface area contributed by atoms with Crippen LogP contribution < -0.4 is 4.72 Å². The van der Waals surface area contributed by atoms with Crippen molar-refractivity contribution in [2.45, 2.75) is 36.1 Å². The number of sulfonamides is 1. The number of hydrogen-bond acceptors (Lipinski definition) is 3. The minimum absolute atomic E-state index is 0.0691. The van der Waals surface area contributed by atoms with E-state index >= 15 is 0 Å². The van der Waals surface area contributed by atoms with Gasteiger partial charge in [-0.2, -0.15) is 4.72 Å². The number of aliphatic carboxylic acids is 1. The maximum atomic E-state index is 12.5. The van der Waals surface area contributed by atoms with E-state index < -0.39 is 21.5 Å². The van der Waals surface area contributed by atoms with Gasteiger partial charge in [0.2, 0.25) is 10.0 Å². The topological polar surface area (TPSA) is 83.5 Å². The van der Waals surface area contributed by atoms with E-state index in [0.29, 0.717) is 17.3 Å². The number of carboxylic acid groups (broad SMARTS) is 1. The molecule has 0 amide bonds. The average Bonchev–Trinajstić information content (AvgIpc) is 2.75. The second-order valence-corrected chi connectivity index (χ2v) is 8.25. The van der Waals surface area contributed by atoms with E-state index in [1.54, 1.807) is 0 Å². The fourth-order valence-electron chi connectivity index (χ4n) is 2.43. The molecular formula is C12H12BrCl2NO4S. The van der Waals surface area contributed by atoms with Gasteiger partial charge in [-0.05, 0) is 25.0 Å². The van der Waals surface area contributed by atoms with Crippen LogP contribution in [0.3, 0.4) is 0 Å². The van der Waals surface area contributed by atoms with Crippen molar-refractivity contribution in [3.8, 4) is 0 Å². The van der Waals surface area contributed by atoms with Crippen LogP contribution in [0, 0.1) is 0 Å². The molecular weight excluding hydrogens is 405 g/mol. The molecule has 2 rings (SSSR count). The van der Waals surface area contributed by atoms with Crippen LogP contribution in [0.1, 0.15) is 25.7 Å². The van der Waals surface area contributed by atoms with Gasteiger partial charge in [0.05, 0.1) is 10.0 Å². The van der Waals surface area contributed by atoms with E-state index in [2.05, 4.69) is 20.7 Å². The Morgan fingerprint density at radius 3 is 2.14 bits per heavy atom. The predicted octanol–water partition coefficient (Wildman–Crippen LogP) is 3.43. The van der Waals surface area contributed by atoms with Gasteiger partial charge in [-0.3, -0.25) is 4.79 Å². The third-order valence-corrected chi connectivity index (χ3v) is 6.34. The summed E-state index contributed by atoms with van der Waals surface area (Å²) in [4.78, 5) is 11.2. The fraction of sp³-hybridized carbons (Fsp3) is 0.417. The minimum Gasteiger partial charge on any atom is -0.480 e. The van der Waals surface area contributed by atoms with Crippen molar-refractivity contribution in [2.24, 2.45) is 0 Å². The highest BCUT2D eigenvalue weighted by atomic mass is 79.9. The highest BCUT2D eigenvalue weighted by Gasteiger charge is 2.45. The Morgan fingerprint density at radius 2 is 1.71 bits per heavy atom. The second-order valence-electron chi connectivity index (χ2n) is 4.90. The van der Waals surface area contributed by atoms with Crippen LogP contribution in [0.2, 0.25) is 10.0 Å². The quantitative estimate of drug-likeness (QED) is 0.787. The monoisotopic (exact) mass is 415 g/mol. The molecule has 0 saturated heterocycles. The molecule has 0 spiro atoms. The number of rotatable bonds is 4. The average molecular weight is 417 g/mol. The zero-order valence-electron chi connectivity index (χ0n) is 10.7. The third-order valence-electron chi connectivity index (χ3n) is 3.43. The van der Waals surface area contributed by atoms with E-state index in [9.17, 15) is 18.3 Å².